The lowest BCUT2D eigenvalue weighted by atomic mass is 10.2. The minimum Gasteiger partial charge on any atom is -0.468 e. The molecule has 0 saturated carbocycles. The maximum atomic E-state index is 12.2. The molecule has 0 rings (SSSR count). The monoisotopic (exact) mass is 296 g/mol. The Balaban J connectivity index is 5.05. The van der Waals surface area contributed by atoms with Crippen molar-refractivity contribution in [1.82, 2.24) is 4.31 Å². The molecule has 0 radical (unpaired) electrons. The van der Waals surface area contributed by atoms with E-state index in [1.54, 1.807) is 13.8 Å². The molecule has 0 saturated heterocycles. The molecule has 0 spiro atoms. The first-order valence-corrected chi connectivity index (χ1v) is 7.45. The van der Waals surface area contributed by atoms with Crippen molar-refractivity contribution in [3.63, 3.8) is 0 Å². The largest absolute Gasteiger partial charge is 0.468 e. The summed E-state index contributed by atoms with van der Waals surface area (Å²) < 4.78 is 30.0. The van der Waals surface area contributed by atoms with Gasteiger partial charge in [0, 0.05) is 19.0 Å². The van der Waals surface area contributed by atoms with Crippen molar-refractivity contribution < 1.29 is 17.9 Å². The van der Waals surface area contributed by atoms with Crippen molar-refractivity contribution in [2.45, 2.75) is 26.0 Å². The molecule has 0 aromatic heterocycles. The van der Waals surface area contributed by atoms with E-state index in [-0.39, 0.29) is 24.0 Å². The maximum absolute atomic E-state index is 12.2. The van der Waals surface area contributed by atoms with E-state index in [2.05, 4.69) is 4.74 Å². The number of rotatable bonds is 7. The van der Waals surface area contributed by atoms with E-state index in [9.17, 15) is 13.2 Å². The van der Waals surface area contributed by atoms with Crippen LogP contribution in [0.15, 0.2) is 0 Å². The van der Waals surface area contributed by atoms with Gasteiger partial charge in [-0.2, -0.15) is 0 Å². The van der Waals surface area contributed by atoms with E-state index in [1.807, 2.05) is 0 Å². The van der Waals surface area contributed by atoms with Gasteiger partial charge in [0.15, 0.2) is 5.25 Å². The zero-order valence-corrected chi connectivity index (χ0v) is 12.7. The van der Waals surface area contributed by atoms with Crippen LogP contribution in [0.4, 0.5) is 0 Å². The number of methoxy groups -OCH3 is 1. The minimum atomic E-state index is -3.75. The summed E-state index contributed by atoms with van der Waals surface area (Å²) in [5.74, 6) is -1.03. The van der Waals surface area contributed by atoms with Crippen LogP contribution in [0.3, 0.4) is 0 Å². The topological polar surface area (TPSA) is 89.7 Å². The summed E-state index contributed by atoms with van der Waals surface area (Å²) in [6.45, 7) is 5.14. The molecular formula is C10H20N2O4S2. The van der Waals surface area contributed by atoms with Crippen LogP contribution in [0, 0.1) is 5.92 Å². The van der Waals surface area contributed by atoms with Gasteiger partial charge in [-0.1, -0.05) is 26.1 Å². The van der Waals surface area contributed by atoms with E-state index in [4.69, 9.17) is 18.0 Å². The molecule has 0 aliphatic rings. The Bertz CT molecular complexity index is 408. The number of thiocarbonyl (C=S) groups is 1. The highest BCUT2D eigenvalue weighted by Crippen LogP contribution is 2.13. The molecular weight excluding hydrogens is 276 g/mol. The molecule has 2 atom stereocenters. The molecule has 0 bridgehead atoms. The third-order valence-electron chi connectivity index (χ3n) is 2.66. The van der Waals surface area contributed by atoms with Gasteiger partial charge in [0.25, 0.3) is 0 Å². The molecule has 18 heavy (non-hydrogen) atoms. The van der Waals surface area contributed by atoms with Crippen LogP contribution >= 0.6 is 12.2 Å². The first-order valence-electron chi connectivity index (χ1n) is 5.54. The lowest BCUT2D eigenvalue weighted by Gasteiger charge is -2.25. The Labute approximate surface area is 114 Å². The van der Waals surface area contributed by atoms with Crippen LogP contribution in [0.1, 0.15) is 20.8 Å². The van der Waals surface area contributed by atoms with Crippen LogP contribution in [-0.4, -0.2) is 49.1 Å². The molecule has 8 heteroatoms. The highest BCUT2D eigenvalue weighted by molar-refractivity contribution is 7.90. The Kier molecular flexibility index (Phi) is 6.72. The molecule has 106 valence electrons. The Morgan fingerprint density at radius 1 is 1.44 bits per heavy atom. The third-order valence-corrected chi connectivity index (χ3v) is 5.27. The van der Waals surface area contributed by atoms with Crippen LogP contribution in [0.25, 0.3) is 0 Å². The molecule has 0 aromatic carbocycles. The number of esters is 1. The Morgan fingerprint density at radius 2 is 1.94 bits per heavy atom. The smallest absolute Gasteiger partial charge is 0.325 e. The fourth-order valence-electron chi connectivity index (χ4n) is 1.32. The van der Waals surface area contributed by atoms with Gasteiger partial charge in [0.2, 0.25) is 10.0 Å². The third kappa shape index (κ3) is 4.18. The number of hydrogen-bond donors (Lipinski definition) is 1. The predicted octanol–water partition coefficient (Wildman–Crippen LogP) is 0.122. The van der Waals surface area contributed by atoms with Crippen molar-refractivity contribution in [2.24, 2.45) is 11.7 Å². The van der Waals surface area contributed by atoms with Gasteiger partial charge in [0.1, 0.15) is 0 Å². The summed E-state index contributed by atoms with van der Waals surface area (Å²) in [5, 5.41) is -1.24. The summed E-state index contributed by atoms with van der Waals surface area (Å²) >= 11 is 4.81. The average molecular weight is 296 g/mol. The second-order valence-electron chi connectivity index (χ2n) is 3.96. The highest BCUT2D eigenvalue weighted by atomic mass is 32.2. The van der Waals surface area contributed by atoms with Crippen molar-refractivity contribution in [1.29, 1.82) is 0 Å². The minimum absolute atomic E-state index is 0.162. The van der Waals surface area contributed by atoms with Crippen molar-refractivity contribution in [3.05, 3.63) is 0 Å². The second kappa shape index (κ2) is 7.01. The number of hydrogen-bond acceptors (Lipinski definition) is 5. The number of nitrogens with zero attached hydrogens (tertiary/aromatic N) is 1. The van der Waals surface area contributed by atoms with E-state index in [0.717, 1.165) is 7.11 Å². The maximum Gasteiger partial charge on any atom is 0.325 e. The molecule has 0 amide bonds. The van der Waals surface area contributed by atoms with Gasteiger partial charge in [-0.15, -0.1) is 0 Å². The number of carbonyl (C=O) groups excluding carboxylic acids is 1. The van der Waals surface area contributed by atoms with Crippen molar-refractivity contribution in [3.8, 4) is 0 Å². The van der Waals surface area contributed by atoms with Crippen LogP contribution in [-0.2, 0) is 19.6 Å². The van der Waals surface area contributed by atoms with E-state index in [1.165, 1.54) is 11.2 Å². The second-order valence-corrected chi connectivity index (χ2v) is 6.69. The van der Waals surface area contributed by atoms with Crippen molar-refractivity contribution >= 4 is 33.2 Å². The Morgan fingerprint density at radius 3 is 2.28 bits per heavy atom. The van der Waals surface area contributed by atoms with Crippen LogP contribution < -0.4 is 5.73 Å². The molecule has 6 nitrogen and oxygen atoms in total. The zero-order valence-electron chi connectivity index (χ0n) is 11.0. The lowest BCUT2D eigenvalue weighted by Crippen LogP contribution is -2.44. The summed E-state index contributed by atoms with van der Waals surface area (Å²) in [6.07, 6.45) is 0. The van der Waals surface area contributed by atoms with E-state index < -0.39 is 21.2 Å². The van der Waals surface area contributed by atoms with Gasteiger partial charge in [0.05, 0.1) is 12.1 Å². The fraction of sp³-hybridized carbons (Fsp3) is 0.800. The van der Waals surface area contributed by atoms with Gasteiger partial charge < -0.3 is 10.5 Å². The number of sulfonamides is 1. The molecule has 0 aliphatic heterocycles. The number of nitrogens with two attached hydrogens (primary N) is 1. The summed E-state index contributed by atoms with van der Waals surface area (Å²) in [4.78, 5) is 11.6. The van der Waals surface area contributed by atoms with Gasteiger partial charge in [-0.25, -0.2) is 12.7 Å². The van der Waals surface area contributed by atoms with Crippen molar-refractivity contribution in [2.75, 3.05) is 20.2 Å². The molecule has 2 N–H and O–H groups in total. The predicted molar refractivity (Wildman–Crippen MR) is 73.6 cm³/mol. The standard InChI is InChI=1S/C10H20N2O4S2/c1-5-12(6-7(2)9(11)17)18(14,15)8(3)10(13)16-4/h7-8H,5-6H2,1-4H3,(H2,11,17). The molecule has 0 fully saturated rings. The van der Waals surface area contributed by atoms with Gasteiger partial charge in [-0.3, -0.25) is 4.79 Å². The molecule has 0 aromatic rings. The Hall–Kier alpha value is -0.730. The molecule has 0 aliphatic carbocycles. The number of carbonyl (C=O) groups is 1. The highest BCUT2D eigenvalue weighted by Gasteiger charge is 2.34. The number of ether oxygens (including phenoxy) is 1. The quantitative estimate of drug-likeness (QED) is 0.530. The van der Waals surface area contributed by atoms with Crippen LogP contribution in [0.2, 0.25) is 0 Å². The molecule has 0 heterocycles. The SMILES string of the molecule is CCN(CC(C)C(N)=S)S(=O)(=O)C(C)C(=O)OC. The van der Waals surface area contributed by atoms with E-state index in [0.29, 0.717) is 0 Å². The zero-order chi connectivity index (χ0) is 14.5. The van der Waals surface area contributed by atoms with Gasteiger partial charge in [-0.05, 0) is 6.92 Å². The summed E-state index contributed by atoms with van der Waals surface area (Å²) in [7, 11) is -2.59. The fourth-order valence-corrected chi connectivity index (χ4v) is 2.97. The first kappa shape index (κ1) is 17.3. The summed E-state index contributed by atoms with van der Waals surface area (Å²) in [6, 6.07) is 0. The lowest BCUT2D eigenvalue weighted by molar-refractivity contribution is -0.139. The average Bonchev–Trinajstić information content (AvgIpc) is 2.32. The van der Waals surface area contributed by atoms with Crippen LogP contribution in [0.5, 0.6) is 0 Å². The van der Waals surface area contributed by atoms with E-state index >= 15 is 0 Å². The van der Waals surface area contributed by atoms with Gasteiger partial charge >= 0.3 is 5.97 Å². The summed E-state index contributed by atoms with van der Waals surface area (Å²) in [5.41, 5.74) is 5.46. The molecule has 2 unspecified atom stereocenters. The normalized spacial score (nSPS) is 15.2. The first-order chi connectivity index (χ1) is 8.18.